The van der Waals surface area contributed by atoms with Crippen LogP contribution in [-0.2, 0) is 0 Å². The molecule has 0 radical (unpaired) electrons. The van der Waals surface area contributed by atoms with E-state index in [1.165, 1.54) is 0 Å². The highest BCUT2D eigenvalue weighted by molar-refractivity contribution is 5.56. The van der Waals surface area contributed by atoms with Crippen molar-refractivity contribution in [2.45, 2.75) is 33.2 Å². The molecule has 1 unspecified atom stereocenters. The van der Waals surface area contributed by atoms with Gasteiger partial charge in [0, 0.05) is 18.3 Å². The number of pyridine rings is 1. The third kappa shape index (κ3) is 2.71. The van der Waals surface area contributed by atoms with Gasteiger partial charge >= 0.3 is 0 Å². The summed E-state index contributed by atoms with van der Waals surface area (Å²) in [5.41, 5.74) is 8.09. The first-order valence-electron chi connectivity index (χ1n) is 5.47. The molecule has 16 heavy (non-hydrogen) atoms. The SMILES string of the molecule is CCC(CN)Nc1nc(C)cc(C)c1C#N. The maximum atomic E-state index is 9.09. The highest BCUT2D eigenvalue weighted by Gasteiger charge is 2.11. The van der Waals surface area contributed by atoms with Crippen LogP contribution in [0.4, 0.5) is 5.82 Å². The molecule has 3 N–H and O–H groups in total. The second kappa shape index (κ2) is 5.47. The van der Waals surface area contributed by atoms with Crippen LogP contribution in [0.5, 0.6) is 0 Å². The molecule has 86 valence electrons. The van der Waals surface area contributed by atoms with Gasteiger partial charge in [-0.1, -0.05) is 6.92 Å². The summed E-state index contributed by atoms with van der Waals surface area (Å²) < 4.78 is 0. The molecular formula is C12H18N4. The molecule has 4 nitrogen and oxygen atoms in total. The molecule has 1 aromatic heterocycles. The predicted octanol–water partition coefficient (Wildman–Crippen LogP) is 1.72. The number of nitriles is 1. The number of rotatable bonds is 4. The van der Waals surface area contributed by atoms with Crippen LogP contribution in [0.3, 0.4) is 0 Å². The summed E-state index contributed by atoms with van der Waals surface area (Å²) in [5, 5.41) is 12.3. The Bertz CT molecular complexity index is 402. The fourth-order valence-electron chi connectivity index (χ4n) is 1.60. The summed E-state index contributed by atoms with van der Waals surface area (Å²) >= 11 is 0. The Labute approximate surface area is 96.5 Å². The molecule has 0 saturated carbocycles. The van der Waals surface area contributed by atoms with E-state index in [0.29, 0.717) is 17.9 Å². The number of hydrogen-bond donors (Lipinski definition) is 2. The Kier molecular flexibility index (Phi) is 4.27. The summed E-state index contributed by atoms with van der Waals surface area (Å²) in [4.78, 5) is 4.35. The molecule has 0 aromatic carbocycles. The second-order valence-electron chi connectivity index (χ2n) is 3.90. The predicted molar refractivity (Wildman–Crippen MR) is 65.2 cm³/mol. The number of hydrogen-bond acceptors (Lipinski definition) is 4. The number of nitrogens with two attached hydrogens (primary N) is 1. The highest BCUT2D eigenvalue weighted by atomic mass is 15.0. The Morgan fingerprint density at radius 2 is 2.25 bits per heavy atom. The second-order valence-corrected chi connectivity index (χ2v) is 3.90. The van der Waals surface area contributed by atoms with E-state index >= 15 is 0 Å². The first kappa shape index (κ1) is 12.5. The number of nitrogens with one attached hydrogen (secondary N) is 1. The van der Waals surface area contributed by atoms with Crippen LogP contribution in [-0.4, -0.2) is 17.6 Å². The lowest BCUT2D eigenvalue weighted by molar-refractivity contribution is 0.699. The summed E-state index contributed by atoms with van der Waals surface area (Å²) in [6.45, 7) is 6.43. The van der Waals surface area contributed by atoms with E-state index < -0.39 is 0 Å². The maximum Gasteiger partial charge on any atom is 0.144 e. The molecule has 1 rings (SSSR count). The van der Waals surface area contributed by atoms with E-state index in [1.54, 1.807) is 0 Å². The van der Waals surface area contributed by atoms with Crippen molar-refractivity contribution >= 4 is 5.82 Å². The number of aryl methyl sites for hydroxylation is 2. The van der Waals surface area contributed by atoms with E-state index in [4.69, 9.17) is 11.0 Å². The van der Waals surface area contributed by atoms with Gasteiger partial charge in [0.1, 0.15) is 11.9 Å². The molecule has 0 bridgehead atoms. The van der Waals surface area contributed by atoms with Crippen LogP contribution in [0.25, 0.3) is 0 Å². The Morgan fingerprint density at radius 3 is 2.75 bits per heavy atom. The van der Waals surface area contributed by atoms with Gasteiger partial charge in [0.2, 0.25) is 0 Å². The summed E-state index contributed by atoms with van der Waals surface area (Å²) in [7, 11) is 0. The minimum Gasteiger partial charge on any atom is -0.365 e. The van der Waals surface area contributed by atoms with Crippen molar-refractivity contribution in [3.8, 4) is 6.07 Å². The Morgan fingerprint density at radius 1 is 1.56 bits per heavy atom. The van der Waals surface area contributed by atoms with Crippen molar-refractivity contribution in [2.24, 2.45) is 5.73 Å². The van der Waals surface area contributed by atoms with Crippen molar-refractivity contribution in [3.63, 3.8) is 0 Å². The molecule has 0 aliphatic carbocycles. The lowest BCUT2D eigenvalue weighted by Gasteiger charge is -2.17. The zero-order valence-electron chi connectivity index (χ0n) is 10.0. The first-order chi connectivity index (χ1) is 7.62. The molecular weight excluding hydrogens is 200 g/mol. The smallest absolute Gasteiger partial charge is 0.144 e. The lowest BCUT2D eigenvalue weighted by atomic mass is 10.1. The van der Waals surface area contributed by atoms with Gasteiger partial charge in [-0.15, -0.1) is 0 Å². The van der Waals surface area contributed by atoms with Gasteiger partial charge in [0.05, 0.1) is 5.56 Å². The Balaban J connectivity index is 3.07. The summed E-state index contributed by atoms with van der Waals surface area (Å²) in [6, 6.07) is 4.26. The van der Waals surface area contributed by atoms with E-state index in [2.05, 4.69) is 23.3 Å². The van der Waals surface area contributed by atoms with Crippen molar-refractivity contribution in [1.82, 2.24) is 4.98 Å². The van der Waals surface area contributed by atoms with Crippen LogP contribution in [0.1, 0.15) is 30.2 Å². The van der Waals surface area contributed by atoms with E-state index in [0.717, 1.165) is 17.7 Å². The summed E-state index contributed by atoms with van der Waals surface area (Å²) in [5.74, 6) is 0.650. The highest BCUT2D eigenvalue weighted by Crippen LogP contribution is 2.18. The minimum atomic E-state index is 0.167. The third-order valence-electron chi connectivity index (χ3n) is 2.57. The van der Waals surface area contributed by atoms with Crippen molar-refractivity contribution in [1.29, 1.82) is 5.26 Å². The van der Waals surface area contributed by atoms with Crippen LogP contribution in [0.15, 0.2) is 6.07 Å². The van der Waals surface area contributed by atoms with Gasteiger partial charge in [0.15, 0.2) is 0 Å². The largest absolute Gasteiger partial charge is 0.365 e. The van der Waals surface area contributed by atoms with Crippen molar-refractivity contribution < 1.29 is 0 Å². The number of anilines is 1. The molecule has 0 fully saturated rings. The Hall–Kier alpha value is -1.60. The molecule has 1 heterocycles. The topological polar surface area (TPSA) is 74.7 Å². The van der Waals surface area contributed by atoms with Gasteiger partial charge in [0.25, 0.3) is 0 Å². The van der Waals surface area contributed by atoms with E-state index in [-0.39, 0.29) is 6.04 Å². The molecule has 1 atom stereocenters. The molecule has 0 aliphatic rings. The lowest BCUT2D eigenvalue weighted by Crippen LogP contribution is -2.29. The first-order valence-corrected chi connectivity index (χ1v) is 5.47. The fourth-order valence-corrected chi connectivity index (χ4v) is 1.60. The molecule has 1 aromatic rings. The minimum absolute atomic E-state index is 0.167. The molecule has 0 saturated heterocycles. The van der Waals surface area contributed by atoms with Gasteiger partial charge in [-0.25, -0.2) is 4.98 Å². The maximum absolute atomic E-state index is 9.09. The third-order valence-corrected chi connectivity index (χ3v) is 2.57. The van der Waals surface area contributed by atoms with Crippen LogP contribution < -0.4 is 11.1 Å². The zero-order valence-corrected chi connectivity index (χ0v) is 10.0. The van der Waals surface area contributed by atoms with E-state index in [9.17, 15) is 0 Å². The van der Waals surface area contributed by atoms with Crippen LogP contribution in [0.2, 0.25) is 0 Å². The fraction of sp³-hybridized carbons (Fsp3) is 0.500. The van der Waals surface area contributed by atoms with Crippen molar-refractivity contribution in [2.75, 3.05) is 11.9 Å². The van der Waals surface area contributed by atoms with Crippen LogP contribution >= 0.6 is 0 Å². The van der Waals surface area contributed by atoms with Gasteiger partial charge < -0.3 is 11.1 Å². The average molecular weight is 218 g/mol. The van der Waals surface area contributed by atoms with E-state index in [1.807, 2.05) is 19.9 Å². The van der Waals surface area contributed by atoms with Crippen molar-refractivity contribution in [3.05, 3.63) is 22.9 Å². The van der Waals surface area contributed by atoms with Crippen LogP contribution in [0, 0.1) is 25.2 Å². The quantitative estimate of drug-likeness (QED) is 0.807. The molecule has 0 amide bonds. The molecule has 0 spiro atoms. The van der Waals surface area contributed by atoms with Gasteiger partial charge in [-0.2, -0.15) is 5.26 Å². The number of aromatic nitrogens is 1. The average Bonchev–Trinajstić information content (AvgIpc) is 2.25. The van der Waals surface area contributed by atoms with Gasteiger partial charge in [-0.05, 0) is 31.9 Å². The summed E-state index contributed by atoms with van der Waals surface area (Å²) in [6.07, 6.45) is 0.913. The molecule has 4 heteroatoms. The molecule has 0 aliphatic heterocycles. The number of nitrogens with zero attached hydrogens (tertiary/aromatic N) is 2. The monoisotopic (exact) mass is 218 g/mol. The normalized spacial score (nSPS) is 11.9. The zero-order chi connectivity index (χ0) is 12.1. The standard InChI is InChI=1S/C12H18N4/c1-4-10(6-13)16-12-11(7-14)8(2)5-9(3)15-12/h5,10H,4,6,13H2,1-3H3,(H,15,16). The van der Waals surface area contributed by atoms with Gasteiger partial charge in [-0.3, -0.25) is 0 Å².